The first-order chi connectivity index (χ1) is 20.8. The van der Waals surface area contributed by atoms with Crippen LogP contribution < -0.4 is 10.2 Å². The van der Waals surface area contributed by atoms with Crippen LogP contribution in [0.1, 0.15) is 55.6 Å². The number of carbonyl (C=O) groups excluding carboxylic acids is 4. The van der Waals surface area contributed by atoms with Crippen LogP contribution in [0.2, 0.25) is 0 Å². The molecule has 0 radical (unpaired) electrons. The van der Waals surface area contributed by atoms with E-state index in [2.05, 4.69) is 21.2 Å². The highest BCUT2D eigenvalue weighted by Gasteiger charge is 2.62. The number of esters is 1. The first-order valence-electron chi connectivity index (χ1n) is 14.1. The van der Waals surface area contributed by atoms with Gasteiger partial charge in [0.05, 0.1) is 23.1 Å². The molecule has 1 aliphatic heterocycles. The standard InChI is InChI=1S/C35H27BrN2O5/c1-18-19(2)26(16-15-25(18)36)37-28(39)17-43-35(42)24-13-7-8-14-27(24)38-33(40)31-29-20-9-3-4-10-21(20)30(32(31)34(38)41)23-12-6-5-11-22(23)29/h3-16,29-32H,17H2,1-2H3,(H,37,39)/t29?,30?,31-,32+. The first-order valence-corrected chi connectivity index (χ1v) is 14.9. The smallest absolute Gasteiger partial charge is 0.340 e. The molecule has 2 bridgehead atoms. The number of amides is 3. The molecule has 8 rings (SSSR count). The van der Waals surface area contributed by atoms with Crippen molar-refractivity contribution in [2.24, 2.45) is 11.8 Å². The van der Waals surface area contributed by atoms with E-state index in [1.165, 1.54) is 6.07 Å². The second-order valence-electron chi connectivity index (χ2n) is 11.3. The van der Waals surface area contributed by atoms with E-state index in [9.17, 15) is 19.2 Å². The van der Waals surface area contributed by atoms with E-state index in [1.54, 1.807) is 24.3 Å². The number of ether oxygens (including phenoxy) is 1. The molecule has 0 spiro atoms. The zero-order valence-corrected chi connectivity index (χ0v) is 25.1. The summed E-state index contributed by atoms with van der Waals surface area (Å²) in [5.74, 6) is -3.60. The molecule has 0 aromatic heterocycles. The van der Waals surface area contributed by atoms with Crippen molar-refractivity contribution in [2.75, 3.05) is 16.8 Å². The highest BCUT2D eigenvalue weighted by molar-refractivity contribution is 9.10. The van der Waals surface area contributed by atoms with Crippen molar-refractivity contribution < 1.29 is 23.9 Å². The van der Waals surface area contributed by atoms with E-state index < -0.39 is 30.3 Å². The molecule has 1 fully saturated rings. The summed E-state index contributed by atoms with van der Waals surface area (Å²) in [6, 6.07) is 26.1. The van der Waals surface area contributed by atoms with Crippen molar-refractivity contribution in [1.29, 1.82) is 0 Å². The zero-order chi connectivity index (χ0) is 30.0. The van der Waals surface area contributed by atoms with Crippen LogP contribution in [0.4, 0.5) is 11.4 Å². The van der Waals surface area contributed by atoms with Crippen molar-refractivity contribution in [3.05, 3.63) is 128 Å². The summed E-state index contributed by atoms with van der Waals surface area (Å²) in [5, 5.41) is 2.78. The number of rotatable bonds is 5. The Balaban J connectivity index is 1.16. The Bertz CT molecular complexity index is 1750. The Kier molecular flexibility index (Phi) is 6.54. The third-order valence-electron chi connectivity index (χ3n) is 9.14. The molecule has 214 valence electrons. The maximum atomic E-state index is 14.2. The zero-order valence-electron chi connectivity index (χ0n) is 23.5. The predicted molar refractivity (Wildman–Crippen MR) is 165 cm³/mol. The average molecular weight is 636 g/mol. The largest absolute Gasteiger partial charge is 0.452 e. The fourth-order valence-corrected chi connectivity index (χ4v) is 7.50. The van der Waals surface area contributed by atoms with Gasteiger partial charge in [0, 0.05) is 22.0 Å². The lowest BCUT2D eigenvalue weighted by atomic mass is 9.55. The number of imide groups is 1. The van der Waals surface area contributed by atoms with E-state index in [0.29, 0.717) is 5.69 Å². The van der Waals surface area contributed by atoms with Crippen molar-refractivity contribution in [2.45, 2.75) is 25.7 Å². The van der Waals surface area contributed by atoms with Gasteiger partial charge in [0.15, 0.2) is 6.61 Å². The van der Waals surface area contributed by atoms with Crippen molar-refractivity contribution in [3.63, 3.8) is 0 Å². The quantitative estimate of drug-likeness (QED) is 0.207. The molecule has 0 unspecified atom stereocenters. The van der Waals surface area contributed by atoms with Gasteiger partial charge in [-0.15, -0.1) is 0 Å². The molecule has 1 N–H and O–H groups in total. The van der Waals surface area contributed by atoms with Crippen LogP contribution in [0.3, 0.4) is 0 Å². The lowest BCUT2D eigenvalue weighted by Crippen LogP contribution is -2.41. The van der Waals surface area contributed by atoms with Crippen LogP contribution in [0.15, 0.2) is 89.4 Å². The molecule has 2 atom stereocenters. The number of carbonyl (C=O) groups is 4. The normalized spacial score (nSPS) is 21.2. The number of para-hydroxylation sites is 1. The third kappa shape index (κ3) is 4.15. The molecule has 7 nitrogen and oxygen atoms in total. The molecule has 4 aromatic carbocycles. The SMILES string of the molecule is Cc1c(Br)ccc(NC(=O)COC(=O)c2ccccc2N2C(=O)[C@@H]3C4c5ccccc5C(c5ccccc54)[C@@H]3C2=O)c1C. The van der Waals surface area contributed by atoms with Gasteiger partial charge in [0.1, 0.15) is 0 Å². The van der Waals surface area contributed by atoms with Gasteiger partial charge >= 0.3 is 5.97 Å². The summed E-state index contributed by atoms with van der Waals surface area (Å²) < 4.78 is 6.32. The van der Waals surface area contributed by atoms with Gasteiger partial charge in [-0.1, -0.05) is 76.6 Å². The first kappa shape index (κ1) is 27.3. The number of hydrogen-bond donors (Lipinski definition) is 1. The van der Waals surface area contributed by atoms with Gasteiger partial charge in [-0.2, -0.15) is 0 Å². The number of anilines is 2. The lowest BCUT2D eigenvalue weighted by molar-refractivity contribution is -0.122. The van der Waals surface area contributed by atoms with Gasteiger partial charge in [-0.05, 0) is 71.5 Å². The van der Waals surface area contributed by atoms with Gasteiger partial charge in [0.25, 0.3) is 5.91 Å². The van der Waals surface area contributed by atoms with Crippen molar-refractivity contribution >= 4 is 51.0 Å². The topological polar surface area (TPSA) is 92.8 Å². The number of halogens is 1. The van der Waals surface area contributed by atoms with Crippen molar-refractivity contribution in [1.82, 2.24) is 0 Å². The summed E-state index contributed by atoms with van der Waals surface area (Å²) in [5.41, 5.74) is 7.02. The number of nitrogens with zero attached hydrogens (tertiary/aromatic N) is 1. The number of hydrogen-bond acceptors (Lipinski definition) is 5. The van der Waals surface area contributed by atoms with E-state index >= 15 is 0 Å². The van der Waals surface area contributed by atoms with Crippen LogP contribution in [0, 0.1) is 25.7 Å². The molecular weight excluding hydrogens is 608 g/mol. The Labute approximate surface area is 257 Å². The summed E-state index contributed by atoms with van der Waals surface area (Å²) in [6.45, 7) is 3.30. The molecular formula is C35H27BrN2O5. The maximum Gasteiger partial charge on any atom is 0.340 e. The lowest BCUT2D eigenvalue weighted by Gasteiger charge is -2.45. The van der Waals surface area contributed by atoms with Crippen LogP contribution >= 0.6 is 15.9 Å². The van der Waals surface area contributed by atoms with E-state index in [-0.39, 0.29) is 34.9 Å². The molecule has 1 heterocycles. The summed E-state index contributed by atoms with van der Waals surface area (Å²) >= 11 is 3.48. The van der Waals surface area contributed by atoms with Gasteiger partial charge in [-0.25, -0.2) is 9.69 Å². The molecule has 1 saturated heterocycles. The fourth-order valence-electron chi connectivity index (χ4n) is 7.07. The van der Waals surface area contributed by atoms with Gasteiger partial charge in [-0.3, -0.25) is 14.4 Å². The molecule has 43 heavy (non-hydrogen) atoms. The molecule has 8 heteroatoms. The van der Waals surface area contributed by atoms with E-state index in [1.807, 2.05) is 68.4 Å². The minimum atomic E-state index is -0.792. The highest BCUT2D eigenvalue weighted by atomic mass is 79.9. The Morgan fingerprint density at radius 3 is 1.81 bits per heavy atom. The number of nitrogens with one attached hydrogen (secondary N) is 1. The number of benzene rings is 4. The average Bonchev–Trinajstić information content (AvgIpc) is 3.30. The molecule has 0 saturated carbocycles. The highest BCUT2D eigenvalue weighted by Crippen LogP contribution is 2.61. The fraction of sp³-hybridized carbons (Fsp3) is 0.200. The molecule has 4 aliphatic rings. The summed E-state index contributed by atoms with van der Waals surface area (Å²) in [6.07, 6.45) is 0. The van der Waals surface area contributed by atoms with Crippen LogP contribution in [0.25, 0.3) is 0 Å². The second kappa shape index (κ2) is 10.3. The van der Waals surface area contributed by atoms with Crippen LogP contribution in [0.5, 0.6) is 0 Å². The van der Waals surface area contributed by atoms with Crippen LogP contribution in [-0.2, 0) is 19.1 Å². The minimum Gasteiger partial charge on any atom is -0.452 e. The minimum absolute atomic E-state index is 0.0497. The van der Waals surface area contributed by atoms with Crippen LogP contribution in [-0.4, -0.2) is 30.3 Å². The molecule has 3 amide bonds. The van der Waals surface area contributed by atoms with Gasteiger partial charge in [0.2, 0.25) is 11.8 Å². The molecule has 3 aliphatic carbocycles. The van der Waals surface area contributed by atoms with Crippen molar-refractivity contribution in [3.8, 4) is 0 Å². The summed E-state index contributed by atoms with van der Waals surface area (Å²) in [4.78, 5) is 55.5. The third-order valence-corrected chi connectivity index (χ3v) is 10.0. The Hall–Kier alpha value is -4.56. The molecule has 4 aromatic rings. The Morgan fingerprint density at radius 1 is 0.744 bits per heavy atom. The Morgan fingerprint density at radius 2 is 1.26 bits per heavy atom. The maximum absolute atomic E-state index is 14.2. The second-order valence-corrected chi connectivity index (χ2v) is 12.1. The predicted octanol–water partition coefficient (Wildman–Crippen LogP) is 6.26. The van der Waals surface area contributed by atoms with E-state index in [0.717, 1.165) is 42.8 Å². The summed E-state index contributed by atoms with van der Waals surface area (Å²) in [7, 11) is 0. The van der Waals surface area contributed by atoms with E-state index in [4.69, 9.17) is 4.74 Å². The monoisotopic (exact) mass is 634 g/mol. The van der Waals surface area contributed by atoms with Gasteiger partial charge < -0.3 is 10.1 Å².